The molecule has 0 unspecified atom stereocenters. The number of carboxylic acids is 1. The number of hydrogen-bond donors (Lipinski definition) is 3. The van der Waals surface area contributed by atoms with E-state index in [1.807, 2.05) is 0 Å². The van der Waals surface area contributed by atoms with Gasteiger partial charge in [0.05, 0.1) is 5.75 Å². The highest BCUT2D eigenvalue weighted by Gasteiger charge is 2.00. The zero-order valence-corrected chi connectivity index (χ0v) is 8.58. The number of thioether (sulfide) groups is 1. The lowest BCUT2D eigenvalue weighted by molar-refractivity contribution is -0.133. The Morgan fingerprint density at radius 1 is 1.33 bits per heavy atom. The maximum absolute atomic E-state index is 10.5. The first kappa shape index (κ1) is 11.4. The molecule has 0 atom stereocenters. The molecule has 0 spiro atoms. The van der Waals surface area contributed by atoms with Gasteiger partial charge in [-0.05, 0) is 24.3 Å². The monoisotopic (exact) mass is 226 g/mol. The normalized spacial score (nSPS) is 9.60. The van der Waals surface area contributed by atoms with E-state index in [4.69, 9.17) is 10.8 Å². The minimum Gasteiger partial charge on any atom is -0.481 e. The summed E-state index contributed by atoms with van der Waals surface area (Å²) in [5, 5.41) is 10.9. The summed E-state index contributed by atoms with van der Waals surface area (Å²) in [6.45, 7) is 0. The van der Waals surface area contributed by atoms with Crippen LogP contribution in [-0.4, -0.2) is 22.9 Å². The number of benzene rings is 1. The first-order valence-corrected chi connectivity index (χ1v) is 5.07. The summed E-state index contributed by atoms with van der Waals surface area (Å²) in [5.41, 5.74) is 5.51. The van der Waals surface area contributed by atoms with Crippen molar-refractivity contribution in [3.8, 4) is 0 Å². The molecule has 0 aliphatic rings. The number of hydrogen-bond acceptors (Lipinski definition) is 3. The van der Waals surface area contributed by atoms with E-state index in [1.54, 1.807) is 24.3 Å². The van der Waals surface area contributed by atoms with Crippen LogP contribution in [0.15, 0.2) is 29.2 Å². The molecule has 0 radical (unpaired) electrons. The maximum Gasteiger partial charge on any atom is 0.316 e. The van der Waals surface area contributed by atoms with Crippen LogP contribution in [0.5, 0.6) is 0 Å². The fourth-order valence-electron chi connectivity index (χ4n) is 0.922. The molecule has 5 nitrogen and oxygen atoms in total. The third-order valence-corrected chi connectivity index (χ3v) is 2.48. The SMILES string of the molecule is NC(=O)Nc1ccc(SCC(=O)O)cc1. The Bertz CT molecular complexity index is 364. The molecule has 1 aromatic rings. The van der Waals surface area contributed by atoms with Crippen LogP contribution >= 0.6 is 11.8 Å². The number of urea groups is 1. The van der Waals surface area contributed by atoms with Crippen LogP contribution in [0.25, 0.3) is 0 Å². The van der Waals surface area contributed by atoms with E-state index >= 15 is 0 Å². The molecule has 80 valence electrons. The number of amides is 2. The molecule has 0 saturated heterocycles. The Labute approximate surface area is 90.7 Å². The third-order valence-electron chi connectivity index (χ3n) is 1.48. The summed E-state index contributed by atoms with van der Waals surface area (Å²) in [6.07, 6.45) is 0. The van der Waals surface area contributed by atoms with E-state index in [-0.39, 0.29) is 5.75 Å². The van der Waals surface area contributed by atoms with Crippen molar-refractivity contribution in [3.05, 3.63) is 24.3 Å². The van der Waals surface area contributed by atoms with Crippen LogP contribution in [0.3, 0.4) is 0 Å². The maximum atomic E-state index is 10.5. The van der Waals surface area contributed by atoms with Crippen molar-refractivity contribution in [3.63, 3.8) is 0 Å². The highest BCUT2D eigenvalue weighted by atomic mass is 32.2. The van der Waals surface area contributed by atoms with Crippen molar-refractivity contribution < 1.29 is 14.7 Å². The first-order chi connectivity index (χ1) is 7.08. The fourth-order valence-corrected chi connectivity index (χ4v) is 1.54. The quantitative estimate of drug-likeness (QED) is 0.676. The van der Waals surface area contributed by atoms with E-state index in [1.165, 1.54) is 11.8 Å². The lowest BCUT2D eigenvalue weighted by Gasteiger charge is -2.02. The summed E-state index contributed by atoms with van der Waals surface area (Å²) in [4.78, 5) is 21.6. The highest BCUT2D eigenvalue weighted by Crippen LogP contribution is 2.19. The van der Waals surface area contributed by atoms with Gasteiger partial charge in [-0.2, -0.15) is 0 Å². The molecule has 0 saturated carbocycles. The van der Waals surface area contributed by atoms with Crippen LogP contribution in [-0.2, 0) is 4.79 Å². The van der Waals surface area contributed by atoms with Crippen molar-refractivity contribution in [1.29, 1.82) is 0 Å². The van der Waals surface area contributed by atoms with Crippen LogP contribution in [0.1, 0.15) is 0 Å². The molecule has 1 aromatic carbocycles. The Balaban J connectivity index is 2.56. The largest absolute Gasteiger partial charge is 0.481 e. The minimum atomic E-state index is -0.862. The number of rotatable bonds is 4. The molecule has 0 bridgehead atoms. The van der Waals surface area contributed by atoms with Gasteiger partial charge in [0.2, 0.25) is 0 Å². The standard InChI is InChI=1S/C9H10N2O3S/c10-9(14)11-6-1-3-7(4-2-6)15-5-8(12)13/h1-4H,5H2,(H,12,13)(H3,10,11,14). The molecule has 0 heterocycles. The van der Waals surface area contributed by atoms with E-state index < -0.39 is 12.0 Å². The van der Waals surface area contributed by atoms with Crippen LogP contribution in [0, 0.1) is 0 Å². The van der Waals surface area contributed by atoms with Crippen molar-refractivity contribution >= 4 is 29.4 Å². The van der Waals surface area contributed by atoms with E-state index in [2.05, 4.69) is 5.32 Å². The van der Waals surface area contributed by atoms with Crippen molar-refractivity contribution in [2.24, 2.45) is 5.73 Å². The summed E-state index contributed by atoms with van der Waals surface area (Å²) in [5.74, 6) is -0.845. The van der Waals surface area contributed by atoms with Gasteiger partial charge in [0, 0.05) is 10.6 Å². The molecule has 1 rings (SSSR count). The molecule has 0 aromatic heterocycles. The Hall–Kier alpha value is -1.69. The Morgan fingerprint density at radius 3 is 2.40 bits per heavy atom. The van der Waals surface area contributed by atoms with Crippen LogP contribution in [0.4, 0.5) is 10.5 Å². The van der Waals surface area contributed by atoms with Gasteiger partial charge in [-0.25, -0.2) is 4.79 Å². The Kier molecular flexibility index (Phi) is 3.99. The smallest absolute Gasteiger partial charge is 0.316 e. The fraction of sp³-hybridized carbons (Fsp3) is 0.111. The lowest BCUT2D eigenvalue weighted by Crippen LogP contribution is -2.19. The van der Waals surface area contributed by atoms with Crippen molar-refractivity contribution in [1.82, 2.24) is 0 Å². The third kappa shape index (κ3) is 4.37. The lowest BCUT2D eigenvalue weighted by atomic mass is 10.3. The molecular formula is C9H10N2O3S. The van der Waals surface area contributed by atoms with Crippen molar-refractivity contribution in [2.75, 3.05) is 11.1 Å². The summed E-state index contributed by atoms with van der Waals surface area (Å²) >= 11 is 1.21. The number of carbonyl (C=O) groups excluding carboxylic acids is 1. The van der Waals surface area contributed by atoms with E-state index in [0.717, 1.165) is 4.90 Å². The summed E-state index contributed by atoms with van der Waals surface area (Å²) in [6, 6.07) is 6.14. The van der Waals surface area contributed by atoms with Gasteiger partial charge in [-0.3, -0.25) is 4.79 Å². The van der Waals surface area contributed by atoms with Gasteiger partial charge < -0.3 is 16.2 Å². The highest BCUT2D eigenvalue weighted by molar-refractivity contribution is 8.00. The molecule has 2 amide bonds. The van der Waals surface area contributed by atoms with Crippen molar-refractivity contribution in [2.45, 2.75) is 4.90 Å². The van der Waals surface area contributed by atoms with E-state index in [9.17, 15) is 9.59 Å². The van der Waals surface area contributed by atoms with Gasteiger partial charge >= 0.3 is 12.0 Å². The second-order valence-electron chi connectivity index (χ2n) is 2.70. The molecule has 4 N–H and O–H groups in total. The number of carbonyl (C=O) groups is 2. The van der Waals surface area contributed by atoms with E-state index in [0.29, 0.717) is 5.69 Å². The Morgan fingerprint density at radius 2 is 1.93 bits per heavy atom. The van der Waals surface area contributed by atoms with Gasteiger partial charge in [0.1, 0.15) is 0 Å². The van der Waals surface area contributed by atoms with Crippen LogP contribution < -0.4 is 11.1 Å². The number of primary amides is 1. The topological polar surface area (TPSA) is 92.4 Å². The molecule has 0 aliphatic carbocycles. The molecule has 0 fully saturated rings. The number of nitrogens with two attached hydrogens (primary N) is 1. The molecule has 15 heavy (non-hydrogen) atoms. The number of nitrogens with one attached hydrogen (secondary N) is 1. The second kappa shape index (κ2) is 5.26. The zero-order chi connectivity index (χ0) is 11.3. The van der Waals surface area contributed by atoms with Gasteiger partial charge in [0.25, 0.3) is 0 Å². The second-order valence-corrected chi connectivity index (χ2v) is 3.74. The average molecular weight is 226 g/mol. The molecular weight excluding hydrogens is 216 g/mol. The van der Waals surface area contributed by atoms with Gasteiger partial charge in [-0.1, -0.05) is 0 Å². The predicted molar refractivity (Wildman–Crippen MR) is 58.0 cm³/mol. The van der Waals surface area contributed by atoms with Gasteiger partial charge in [0.15, 0.2) is 0 Å². The number of anilines is 1. The summed E-state index contributed by atoms with van der Waals surface area (Å²) in [7, 11) is 0. The van der Waals surface area contributed by atoms with Gasteiger partial charge in [-0.15, -0.1) is 11.8 Å². The zero-order valence-electron chi connectivity index (χ0n) is 7.77. The summed E-state index contributed by atoms with van der Waals surface area (Å²) < 4.78 is 0. The number of aliphatic carboxylic acids is 1. The first-order valence-electron chi connectivity index (χ1n) is 4.09. The van der Waals surface area contributed by atoms with Crippen LogP contribution in [0.2, 0.25) is 0 Å². The average Bonchev–Trinajstić information content (AvgIpc) is 2.16. The number of carboxylic acid groups (broad SMARTS) is 1. The predicted octanol–water partition coefficient (Wildman–Crippen LogP) is 1.35. The minimum absolute atomic E-state index is 0.0165. The molecule has 6 heteroatoms. The molecule has 0 aliphatic heterocycles.